The van der Waals surface area contributed by atoms with Crippen LogP contribution in [0.1, 0.15) is 40.1 Å². The highest BCUT2D eigenvalue weighted by molar-refractivity contribution is 14.1. The van der Waals surface area contributed by atoms with Crippen molar-refractivity contribution in [3.63, 3.8) is 0 Å². The molecule has 0 fully saturated rings. The average molecular weight is 514 g/mol. The second-order valence-electron chi connectivity index (χ2n) is 6.57. The van der Waals surface area contributed by atoms with Crippen molar-refractivity contribution in [1.29, 1.82) is 0 Å². The second-order valence-corrected chi connectivity index (χ2v) is 7.73. The van der Waals surface area contributed by atoms with Gasteiger partial charge in [0.15, 0.2) is 11.5 Å². The van der Waals surface area contributed by atoms with Gasteiger partial charge in [-0.3, -0.25) is 9.59 Å². The third-order valence-electron chi connectivity index (χ3n) is 4.69. The Kier molecular flexibility index (Phi) is 5.72. The van der Waals surface area contributed by atoms with Crippen LogP contribution in [-0.2, 0) is 0 Å². The normalized spacial score (nSPS) is 13.4. The molecule has 0 aromatic heterocycles. The molecule has 30 heavy (non-hydrogen) atoms. The largest absolute Gasteiger partial charge is 0.490 e. The van der Waals surface area contributed by atoms with E-state index in [1.165, 1.54) is 6.21 Å². The number of ether oxygens (including phenoxy) is 2. The smallest absolute Gasteiger partial charge is 0.282 e. The number of benzene rings is 3. The van der Waals surface area contributed by atoms with Gasteiger partial charge in [-0.25, -0.2) is 0 Å². The van der Waals surface area contributed by atoms with Crippen molar-refractivity contribution < 1.29 is 19.1 Å². The molecule has 0 aliphatic carbocycles. The minimum absolute atomic E-state index is 0.439. The van der Waals surface area contributed by atoms with E-state index in [2.05, 4.69) is 27.7 Å². The number of hydrogen-bond donors (Lipinski definition) is 0. The van der Waals surface area contributed by atoms with Gasteiger partial charge in [0.2, 0.25) is 0 Å². The summed E-state index contributed by atoms with van der Waals surface area (Å²) in [5.41, 5.74) is 1.64. The first kappa shape index (κ1) is 20.3. The summed E-state index contributed by atoms with van der Waals surface area (Å²) in [6.45, 7) is 4.81. The molecule has 0 bridgehead atoms. The summed E-state index contributed by atoms with van der Waals surface area (Å²) in [5, 5.41) is 6.68. The Bertz CT molecular complexity index is 1140. The Hall–Kier alpha value is -2.94. The second kappa shape index (κ2) is 8.43. The molecule has 6 nitrogen and oxygen atoms in total. The molecule has 0 unspecified atom stereocenters. The summed E-state index contributed by atoms with van der Waals surface area (Å²) in [6, 6.07) is 14.5. The quantitative estimate of drug-likeness (QED) is 0.268. The summed E-state index contributed by atoms with van der Waals surface area (Å²) in [7, 11) is 0. The Balaban J connectivity index is 1.71. The van der Waals surface area contributed by atoms with Gasteiger partial charge < -0.3 is 9.47 Å². The maximum atomic E-state index is 13.0. The van der Waals surface area contributed by atoms with E-state index in [9.17, 15) is 9.59 Å². The highest BCUT2D eigenvalue weighted by atomic mass is 127. The molecule has 0 N–H and O–H groups in total. The molecule has 4 rings (SSSR count). The molecule has 0 spiro atoms. The SMILES string of the molecule is CCOc1cc(/C=N\N2C(=O)c3cccc4cccc(c34)C2=O)cc(I)c1OCC. The molecule has 7 heteroatoms. The van der Waals surface area contributed by atoms with Crippen LogP contribution in [0.5, 0.6) is 11.5 Å². The summed E-state index contributed by atoms with van der Waals surface area (Å²) in [5.74, 6) is 0.388. The van der Waals surface area contributed by atoms with Crippen LogP contribution in [-0.4, -0.2) is 36.3 Å². The van der Waals surface area contributed by atoms with Gasteiger partial charge in [0.1, 0.15) is 0 Å². The molecule has 2 amide bonds. The fourth-order valence-corrected chi connectivity index (χ4v) is 4.24. The molecule has 0 atom stereocenters. The maximum Gasteiger partial charge on any atom is 0.282 e. The van der Waals surface area contributed by atoms with Crippen LogP contribution in [0.3, 0.4) is 0 Å². The van der Waals surface area contributed by atoms with Gasteiger partial charge in [0.25, 0.3) is 11.8 Å². The zero-order chi connectivity index (χ0) is 21.3. The van der Waals surface area contributed by atoms with Crippen molar-refractivity contribution in [3.05, 3.63) is 68.8 Å². The molecule has 3 aromatic carbocycles. The van der Waals surface area contributed by atoms with Gasteiger partial charge in [-0.1, -0.05) is 24.3 Å². The molecule has 0 saturated heterocycles. The van der Waals surface area contributed by atoms with E-state index in [1.54, 1.807) is 30.3 Å². The third kappa shape index (κ3) is 3.54. The van der Waals surface area contributed by atoms with Gasteiger partial charge in [-0.2, -0.15) is 10.1 Å². The van der Waals surface area contributed by atoms with Crippen LogP contribution in [0.15, 0.2) is 53.6 Å². The Morgan fingerprint density at radius 1 is 0.967 bits per heavy atom. The van der Waals surface area contributed by atoms with Gasteiger partial charge in [0.05, 0.1) is 34.1 Å². The number of rotatable bonds is 6. The van der Waals surface area contributed by atoms with Crippen LogP contribution >= 0.6 is 22.6 Å². The predicted octanol–water partition coefficient (Wildman–Crippen LogP) is 4.87. The summed E-state index contributed by atoms with van der Waals surface area (Å²) in [4.78, 5) is 25.9. The number of carbonyl (C=O) groups is 2. The van der Waals surface area contributed by atoms with E-state index < -0.39 is 11.8 Å². The van der Waals surface area contributed by atoms with Crippen molar-refractivity contribution >= 4 is 51.4 Å². The van der Waals surface area contributed by atoms with E-state index in [-0.39, 0.29) is 0 Å². The number of hydrazone groups is 1. The molecule has 152 valence electrons. The fraction of sp³-hybridized carbons (Fsp3) is 0.174. The fourth-order valence-electron chi connectivity index (χ4n) is 3.46. The first-order chi connectivity index (χ1) is 14.5. The van der Waals surface area contributed by atoms with Gasteiger partial charge >= 0.3 is 0 Å². The van der Waals surface area contributed by atoms with Crippen molar-refractivity contribution in [2.45, 2.75) is 13.8 Å². The molecule has 0 saturated carbocycles. The van der Waals surface area contributed by atoms with E-state index >= 15 is 0 Å². The lowest BCUT2D eigenvalue weighted by Crippen LogP contribution is -2.36. The van der Waals surface area contributed by atoms with Gasteiger partial charge in [0, 0.05) is 5.39 Å². The summed E-state index contributed by atoms with van der Waals surface area (Å²) < 4.78 is 12.2. The summed E-state index contributed by atoms with van der Waals surface area (Å²) >= 11 is 2.17. The van der Waals surface area contributed by atoms with E-state index in [1.807, 2.05) is 32.0 Å². The molecule has 1 heterocycles. The highest BCUT2D eigenvalue weighted by Gasteiger charge is 2.32. The van der Waals surface area contributed by atoms with Gasteiger partial charge in [-0.05, 0) is 71.7 Å². The zero-order valence-corrected chi connectivity index (χ0v) is 18.7. The number of nitrogens with zero attached hydrogens (tertiary/aromatic N) is 2. The lowest BCUT2D eigenvalue weighted by molar-refractivity contribution is 0.0616. The van der Waals surface area contributed by atoms with Crippen molar-refractivity contribution in [1.82, 2.24) is 5.01 Å². The van der Waals surface area contributed by atoms with Crippen LogP contribution in [0, 0.1) is 3.57 Å². The van der Waals surface area contributed by atoms with Crippen LogP contribution < -0.4 is 9.47 Å². The zero-order valence-electron chi connectivity index (χ0n) is 16.5. The number of carbonyl (C=O) groups excluding carboxylic acids is 2. The van der Waals surface area contributed by atoms with Crippen molar-refractivity contribution in [2.75, 3.05) is 13.2 Å². The topological polar surface area (TPSA) is 68.2 Å². The first-order valence-electron chi connectivity index (χ1n) is 9.58. The van der Waals surface area contributed by atoms with Crippen LogP contribution in [0.4, 0.5) is 0 Å². The number of hydrogen-bond acceptors (Lipinski definition) is 5. The Morgan fingerprint density at radius 2 is 1.60 bits per heavy atom. The van der Waals surface area contributed by atoms with Crippen molar-refractivity contribution in [3.8, 4) is 11.5 Å². The maximum absolute atomic E-state index is 13.0. The van der Waals surface area contributed by atoms with Crippen molar-refractivity contribution in [2.24, 2.45) is 5.10 Å². The van der Waals surface area contributed by atoms with Crippen LogP contribution in [0.25, 0.3) is 10.8 Å². The molecule has 1 aliphatic heterocycles. The summed E-state index contributed by atoms with van der Waals surface area (Å²) in [6.07, 6.45) is 1.49. The highest BCUT2D eigenvalue weighted by Crippen LogP contribution is 2.34. The van der Waals surface area contributed by atoms with E-state index in [0.29, 0.717) is 46.8 Å². The van der Waals surface area contributed by atoms with Crippen LogP contribution in [0.2, 0.25) is 0 Å². The average Bonchev–Trinajstić information content (AvgIpc) is 2.74. The number of imide groups is 1. The molecular formula is C23H19IN2O4. The lowest BCUT2D eigenvalue weighted by atomic mass is 9.95. The number of amides is 2. The van der Waals surface area contributed by atoms with E-state index in [4.69, 9.17) is 9.47 Å². The molecule has 1 aliphatic rings. The minimum Gasteiger partial charge on any atom is -0.490 e. The standard InChI is InChI=1S/C23H19IN2O4/c1-3-29-19-12-14(11-18(24)21(19)30-4-2)13-25-26-22(27)16-9-5-7-15-8-6-10-17(20(15)16)23(26)28/h5-13H,3-4H2,1-2H3/b25-13-. The predicted molar refractivity (Wildman–Crippen MR) is 124 cm³/mol. The molecular weight excluding hydrogens is 495 g/mol. The van der Waals surface area contributed by atoms with E-state index in [0.717, 1.165) is 14.0 Å². The first-order valence-corrected chi connectivity index (χ1v) is 10.7. The molecule has 3 aromatic rings. The Labute approximate surface area is 187 Å². The third-order valence-corrected chi connectivity index (χ3v) is 5.49. The Morgan fingerprint density at radius 3 is 2.20 bits per heavy atom. The number of halogens is 1. The monoisotopic (exact) mass is 514 g/mol. The lowest BCUT2D eigenvalue weighted by Gasteiger charge is -2.23. The molecule has 0 radical (unpaired) electrons. The van der Waals surface area contributed by atoms with Gasteiger partial charge in [-0.15, -0.1) is 0 Å². The minimum atomic E-state index is -0.439.